The van der Waals surface area contributed by atoms with E-state index >= 15 is 0 Å². The van der Waals surface area contributed by atoms with Crippen LogP contribution in [-0.2, 0) is 16.6 Å². The van der Waals surface area contributed by atoms with E-state index in [-0.39, 0.29) is 12.0 Å². The van der Waals surface area contributed by atoms with E-state index in [2.05, 4.69) is 45.1 Å². The third-order valence-corrected chi connectivity index (χ3v) is 3.87. The molecule has 3 N–H and O–H groups in total. The predicted octanol–water partition coefficient (Wildman–Crippen LogP) is 2.39. The summed E-state index contributed by atoms with van der Waals surface area (Å²) < 4.78 is 5.92. The number of rotatable bonds is 6. The van der Waals surface area contributed by atoms with E-state index in [9.17, 15) is 4.79 Å². The molecule has 0 saturated heterocycles. The number of aryl methyl sites for hydroxylation is 1. The van der Waals surface area contributed by atoms with Crippen molar-refractivity contribution in [3.8, 4) is 5.75 Å². The molecule has 0 aromatic heterocycles. The number of hydrogen-bond acceptors (Lipinski definition) is 3. The number of primary amides is 1. The van der Waals surface area contributed by atoms with Gasteiger partial charge in [0.15, 0.2) is 0 Å². The minimum atomic E-state index is -0.876. The standard InChI is InChI=1S/C17H28N2O2/c1-7-12-8-9-14(13(10-12)16(2,3)4)21-11-17(5,19-6)15(18)20/h8-10,19H,7,11H2,1-6H3,(H2,18,20). The molecule has 1 aromatic rings. The normalized spacial score (nSPS) is 14.6. The monoisotopic (exact) mass is 292 g/mol. The Hall–Kier alpha value is -1.55. The number of hydrogen-bond donors (Lipinski definition) is 2. The van der Waals surface area contributed by atoms with Gasteiger partial charge in [0.1, 0.15) is 17.9 Å². The van der Waals surface area contributed by atoms with Crippen molar-refractivity contribution >= 4 is 5.91 Å². The summed E-state index contributed by atoms with van der Waals surface area (Å²) in [5, 5.41) is 2.93. The molecule has 0 bridgehead atoms. The van der Waals surface area contributed by atoms with Crippen molar-refractivity contribution in [2.75, 3.05) is 13.7 Å². The van der Waals surface area contributed by atoms with Crippen molar-refractivity contribution in [2.45, 2.75) is 52.0 Å². The maximum Gasteiger partial charge on any atom is 0.240 e. The number of ether oxygens (including phenoxy) is 1. The summed E-state index contributed by atoms with van der Waals surface area (Å²) >= 11 is 0. The molecule has 0 aliphatic carbocycles. The Morgan fingerprint density at radius 3 is 2.33 bits per heavy atom. The zero-order chi connectivity index (χ0) is 16.3. The van der Waals surface area contributed by atoms with Crippen LogP contribution in [0.1, 0.15) is 45.7 Å². The zero-order valence-corrected chi connectivity index (χ0v) is 14.0. The highest BCUT2D eigenvalue weighted by molar-refractivity contribution is 5.84. The smallest absolute Gasteiger partial charge is 0.240 e. The minimum absolute atomic E-state index is 0.0245. The average molecular weight is 292 g/mol. The van der Waals surface area contributed by atoms with Gasteiger partial charge in [0.25, 0.3) is 0 Å². The van der Waals surface area contributed by atoms with E-state index in [1.165, 1.54) is 5.56 Å². The van der Waals surface area contributed by atoms with Crippen LogP contribution in [0.5, 0.6) is 5.75 Å². The summed E-state index contributed by atoms with van der Waals surface area (Å²) in [5.41, 5.74) is 6.95. The molecule has 0 fully saturated rings. The Labute approximate surface area is 128 Å². The molecule has 1 atom stereocenters. The molecule has 21 heavy (non-hydrogen) atoms. The molecule has 0 spiro atoms. The van der Waals surface area contributed by atoms with Crippen LogP contribution >= 0.6 is 0 Å². The maximum atomic E-state index is 11.5. The van der Waals surface area contributed by atoms with Crippen LogP contribution in [-0.4, -0.2) is 25.1 Å². The fraction of sp³-hybridized carbons (Fsp3) is 0.588. The van der Waals surface area contributed by atoms with Crippen LogP contribution in [0, 0.1) is 0 Å². The van der Waals surface area contributed by atoms with Crippen molar-refractivity contribution in [3.63, 3.8) is 0 Å². The Balaban J connectivity index is 3.06. The number of likely N-dealkylation sites (N-methyl/N-ethyl adjacent to an activating group) is 1. The van der Waals surface area contributed by atoms with Gasteiger partial charge in [0, 0.05) is 0 Å². The molecule has 1 unspecified atom stereocenters. The van der Waals surface area contributed by atoms with Crippen LogP contribution in [0.25, 0.3) is 0 Å². The van der Waals surface area contributed by atoms with Gasteiger partial charge in [-0.1, -0.05) is 39.8 Å². The summed E-state index contributed by atoms with van der Waals surface area (Å²) in [6.45, 7) is 10.5. The summed E-state index contributed by atoms with van der Waals surface area (Å²) in [4.78, 5) is 11.5. The SMILES string of the molecule is CCc1ccc(OCC(C)(NC)C(N)=O)c(C(C)(C)C)c1. The Morgan fingerprint density at radius 2 is 1.90 bits per heavy atom. The first-order valence-corrected chi connectivity index (χ1v) is 7.39. The highest BCUT2D eigenvalue weighted by atomic mass is 16.5. The number of carbonyl (C=O) groups excluding carboxylic acids is 1. The van der Waals surface area contributed by atoms with Crippen LogP contribution in [0.3, 0.4) is 0 Å². The second-order valence-electron chi connectivity index (χ2n) is 6.67. The summed E-state index contributed by atoms with van der Waals surface area (Å²) in [6.07, 6.45) is 0.985. The predicted molar refractivity (Wildman–Crippen MR) is 86.7 cm³/mol. The molecule has 1 amide bonds. The van der Waals surface area contributed by atoms with Crippen LogP contribution in [0.15, 0.2) is 18.2 Å². The maximum absolute atomic E-state index is 11.5. The van der Waals surface area contributed by atoms with Gasteiger partial charge in [-0.25, -0.2) is 0 Å². The molecule has 4 heteroatoms. The van der Waals surface area contributed by atoms with Gasteiger partial charge in [-0.2, -0.15) is 0 Å². The van der Waals surface area contributed by atoms with E-state index < -0.39 is 11.4 Å². The third kappa shape index (κ3) is 4.21. The van der Waals surface area contributed by atoms with Crippen LogP contribution < -0.4 is 15.8 Å². The first-order chi connectivity index (χ1) is 9.64. The largest absolute Gasteiger partial charge is 0.491 e. The van der Waals surface area contributed by atoms with Gasteiger partial charge in [0.2, 0.25) is 5.91 Å². The van der Waals surface area contributed by atoms with Gasteiger partial charge in [0.05, 0.1) is 0 Å². The lowest BCUT2D eigenvalue weighted by Gasteiger charge is -2.28. The molecule has 1 aromatic carbocycles. The summed E-state index contributed by atoms with van der Waals surface area (Å²) in [6, 6.07) is 6.22. The molecule has 0 heterocycles. The molecule has 4 nitrogen and oxygen atoms in total. The third-order valence-electron chi connectivity index (χ3n) is 3.87. The van der Waals surface area contributed by atoms with Crippen molar-refractivity contribution < 1.29 is 9.53 Å². The lowest BCUT2D eigenvalue weighted by Crippen LogP contribution is -2.55. The molecule has 1 rings (SSSR count). The van der Waals surface area contributed by atoms with Gasteiger partial charge >= 0.3 is 0 Å². The van der Waals surface area contributed by atoms with E-state index in [0.29, 0.717) is 0 Å². The fourth-order valence-corrected chi connectivity index (χ4v) is 2.00. The van der Waals surface area contributed by atoms with E-state index in [1.54, 1.807) is 14.0 Å². The van der Waals surface area contributed by atoms with Crippen molar-refractivity contribution in [1.29, 1.82) is 0 Å². The van der Waals surface area contributed by atoms with Crippen molar-refractivity contribution in [3.05, 3.63) is 29.3 Å². The van der Waals surface area contributed by atoms with E-state index in [0.717, 1.165) is 17.7 Å². The fourth-order valence-electron chi connectivity index (χ4n) is 2.00. The van der Waals surface area contributed by atoms with Crippen molar-refractivity contribution in [2.24, 2.45) is 5.73 Å². The van der Waals surface area contributed by atoms with E-state index in [1.807, 2.05) is 6.07 Å². The van der Waals surface area contributed by atoms with Crippen LogP contribution in [0.2, 0.25) is 0 Å². The molecule has 0 aliphatic heterocycles. The molecule has 0 radical (unpaired) electrons. The lowest BCUT2D eigenvalue weighted by atomic mass is 9.85. The second kappa shape index (κ2) is 6.48. The topological polar surface area (TPSA) is 64.3 Å². The number of nitrogens with one attached hydrogen (secondary N) is 1. The molecular weight excluding hydrogens is 264 g/mol. The summed E-state index contributed by atoms with van der Waals surface area (Å²) in [7, 11) is 1.71. The number of benzene rings is 1. The van der Waals surface area contributed by atoms with E-state index in [4.69, 9.17) is 10.5 Å². The molecular formula is C17H28N2O2. The molecule has 0 aliphatic rings. The number of carbonyl (C=O) groups is 1. The second-order valence-corrected chi connectivity index (χ2v) is 6.67. The highest BCUT2D eigenvalue weighted by Gasteiger charge is 2.31. The molecule has 118 valence electrons. The number of amides is 1. The number of nitrogens with two attached hydrogens (primary N) is 1. The van der Waals surface area contributed by atoms with Crippen LogP contribution in [0.4, 0.5) is 0 Å². The zero-order valence-electron chi connectivity index (χ0n) is 14.0. The summed E-state index contributed by atoms with van der Waals surface area (Å²) in [5.74, 6) is 0.384. The minimum Gasteiger partial charge on any atom is -0.491 e. The first kappa shape index (κ1) is 17.5. The highest BCUT2D eigenvalue weighted by Crippen LogP contribution is 2.32. The van der Waals surface area contributed by atoms with Crippen molar-refractivity contribution in [1.82, 2.24) is 5.32 Å². The molecule has 0 saturated carbocycles. The van der Waals surface area contributed by atoms with Gasteiger partial charge in [-0.15, -0.1) is 0 Å². The van der Waals surface area contributed by atoms with Gasteiger partial charge < -0.3 is 15.8 Å². The average Bonchev–Trinajstić information content (AvgIpc) is 2.43. The quantitative estimate of drug-likeness (QED) is 0.846. The Morgan fingerprint density at radius 1 is 1.29 bits per heavy atom. The Kier molecular flexibility index (Phi) is 5.40. The lowest BCUT2D eigenvalue weighted by molar-refractivity contribution is -0.124. The first-order valence-electron chi connectivity index (χ1n) is 7.39. The van der Waals surface area contributed by atoms with Gasteiger partial charge in [-0.05, 0) is 43.0 Å². The van der Waals surface area contributed by atoms with Gasteiger partial charge in [-0.3, -0.25) is 4.79 Å². The Bertz CT molecular complexity index is 506.